The number of carbonyl (C=O) groups is 2. The van der Waals surface area contributed by atoms with Crippen LogP contribution in [0.1, 0.15) is 0 Å². The van der Waals surface area contributed by atoms with Crippen molar-refractivity contribution in [3.8, 4) is 11.4 Å². The number of allylic oxidation sites excluding steroid dienone is 2. The van der Waals surface area contributed by atoms with Crippen molar-refractivity contribution < 1.29 is 19.1 Å². The van der Waals surface area contributed by atoms with E-state index in [0.717, 1.165) is 0 Å². The van der Waals surface area contributed by atoms with Crippen molar-refractivity contribution in [1.29, 1.82) is 0 Å². The van der Waals surface area contributed by atoms with Gasteiger partial charge >= 0.3 is 11.9 Å². The summed E-state index contributed by atoms with van der Waals surface area (Å²) in [6.07, 6.45) is 6.50. The number of anilines is 1. The zero-order chi connectivity index (χ0) is 19.4. The van der Waals surface area contributed by atoms with Gasteiger partial charge in [0, 0.05) is 17.5 Å². The molecule has 0 radical (unpaired) electrons. The molecule has 1 aliphatic rings. The van der Waals surface area contributed by atoms with Crippen LogP contribution in [0.4, 0.5) is 5.69 Å². The second kappa shape index (κ2) is 7.65. The Morgan fingerprint density at radius 2 is 1.85 bits per heavy atom. The lowest BCUT2D eigenvalue weighted by Gasteiger charge is -2.23. The highest BCUT2D eigenvalue weighted by Gasteiger charge is 2.27. The van der Waals surface area contributed by atoms with Gasteiger partial charge in [0.15, 0.2) is 0 Å². The number of ether oxygens (including phenoxy) is 2. The van der Waals surface area contributed by atoms with Gasteiger partial charge in [-0.2, -0.15) is 4.80 Å². The molecule has 9 nitrogen and oxygen atoms in total. The highest BCUT2D eigenvalue weighted by molar-refractivity contribution is 6.05. The third-order valence-electron chi connectivity index (χ3n) is 3.78. The summed E-state index contributed by atoms with van der Waals surface area (Å²) in [7, 11) is 4.17. The molecule has 138 valence electrons. The van der Waals surface area contributed by atoms with E-state index >= 15 is 0 Å². The molecule has 0 saturated carbocycles. The third kappa shape index (κ3) is 3.61. The van der Waals surface area contributed by atoms with Crippen LogP contribution in [0.15, 0.2) is 60.0 Å². The van der Waals surface area contributed by atoms with Crippen LogP contribution in [-0.2, 0) is 26.1 Å². The molecule has 1 aliphatic heterocycles. The van der Waals surface area contributed by atoms with Crippen LogP contribution in [0.2, 0.25) is 0 Å². The molecule has 1 aromatic carbocycles. The van der Waals surface area contributed by atoms with Crippen molar-refractivity contribution in [2.75, 3.05) is 19.1 Å². The fourth-order valence-electron chi connectivity index (χ4n) is 2.56. The molecule has 0 amide bonds. The van der Waals surface area contributed by atoms with E-state index in [4.69, 9.17) is 9.47 Å². The second-order valence-electron chi connectivity index (χ2n) is 5.47. The molecular weight excluding hydrogens is 350 g/mol. The van der Waals surface area contributed by atoms with E-state index in [1.165, 1.54) is 25.1 Å². The van der Waals surface area contributed by atoms with Gasteiger partial charge < -0.3 is 14.4 Å². The molecule has 0 aliphatic carbocycles. The van der Waals surface area contributed by atoms with E-state index in [-0.39, 0.29) is 11.3 Å². The lowest BCUT2D eigenvalue weighted by molar-refractivity contribution is -0.139. The Kier molecular flexibility index (Phi) is 5.11. The van der Waals surface area contributed by atoms with Crippen molar-refractivity contribution in [3.63, 3.8) is 0 Å². The number of aryl methyl sites for hydroxylation is 1. The van der Waals surface area contributed by atoms with Crippen LogP contribution in [0.5, 0.6) is 0 Å². The standard InChI is InChI=1S/C18H17N5O4/c1-22-20-16(19-21-22)12-7-6-8-13(11-12)23-10-5-4-9-14(17(24)26-2)15(23)18(25)27-3/h4-11H,1-3H3. The highest BCUT2D eigenvalue weighted by atomic mass is 16.5. The molecule has 2 aromatic rings. The molecular formula is C18H17N5O4. The predicted molar refractivity (Wildman–Crippen MR) is 96.1 cm³/mol. The molecule has 3 rings (SSSR count). The normalized spacial score (nSPS) is 13.5. The molecule has 9 heteroatoms. The minimum atomic E-state index is -0.672. The van der Waals surface area contributed by atoms with E-state index < -0.39 is 11.9 Å². The van der Waals surface area contributed by atoms with E-state index in [9.17, 15) is 9.59 Å². The number of hydrogen-bond acceptors (Lipinski definition) is 8. The zero-order valence-electron chi connectivity index (χ0n) is 15.0. The molecule has 2 heterocycles. The first kappa shape index (κ1) is 18.1. The number of rotatable bonds is 4. The minimum Gasteiger partial charge on any atom is -0.465 e. The molecule has 1 aromatic heterocycles. The fourth-order valence-corrected chi connectivity index (χ4v) is 2.56. The van der Waals surface area contributed by atoms with Gasteiger partial charge in [0.2, 0.25) is 5.82 Å². The number of aromatic nitrogens is 4. The summed E-state index contributed by atoms with van der Waals surface area (Å²) >= 11 is 0. The Bertz CT molecular complexity index is 974. The summed E-state index contributed by atoms with van der Waals surface area (Å²) in [5.41, 5.74) is 1.44. The SMILES string of the molecule is COC(=O)C1=C(C(=O)OC)N(c2cccc(-c3nnn(C)n3)c2)C=CC=C1. The monoisotopic (exact) mass is 367 g/mol. The van der Waals surface area contributed by atoms with Crippen LogP contribution in [-0.4, -0.2) is 46.4 Å². The fraction of sp³-hybridized carbons (Fsp3) is 0.167. The van der Waals surface area contributed by atoms with Gasteiger partial charge in [0.1, 0.15) is 5.70 Å². The summed E-state index contributed by atoms with van der Waals surface area (Å²) in [5.74, 6) is -0.880. The molecule has 0 spiro atoms. The maximum atomic E-state index is 12.5. The number of benzene rings is 1. The summed E-state index contributed by atoms with van der Waals surface area (Å²) in [6.45, 7) is 0. The van der Waals surface area contributed by atoms with Gasteiger partial charge in [-0.1, -0.05) is 18.2 Å². The molecule has 0 unspecified atom stereocenters. The summed E-state index contributed by atoms with van der Waals surface area (Å²) < 4.78 is 9.70. The summed E-state index contributed by atoms with van der Waals surface area (Å²) in [6, 6.07) is 7.18. The number of methoxy groups -OCH3 is 2. The van der Waals surface area contributed by atoms with Crippen LogP contribution in [0.3, 0.4) is 0 Å². The van der Waals surface area contributed by atoms with Crippen molar-refractivity contribution in [2.24, 2.45) is 7.05 Å². The van der Waals surface area contributed by atoms with E-state index in [2.05, 4.69) is 15.4 Å². The Morgan fingerprint density at radius 3 is 2.52 bits per heavy atom. The quantitative estimate of drug-likeness (QED) is 0.747. The van der Waals surface area contributed by atoms with E-state index in [0.29, 0.717) is 17.1 Å². The average Bonchev–Trinajstić information content (AvgIpc) is 3.01. The second-order valence-corrected chi connectivity index (χ2v) is 5.47. The predicted octanol–water partition coefficient (Wildman–Crippen LogP) is 1.37. The third-order valence-corrected chi connectivity index (χ3v) is 3.78. The molecule has 0 atom stereocenters. The molecule has 0 fully saturated rings. The van der Waals surface area contributed by atoms with Crippen LogP contribution >= 0.6 is 0 Å². The van der Waals surface area contributed by atoms with Crippen molar-refractivity contribution >= 4 is 17.6 Å². The van der Waals surface area contributed by atoms with Crippen molar-refractivity contribution in [2.45, 2.75) is 0 Å². The van der Waals surface area contributed by atoms with Gasteiger partial charge in [-0.25, -0.2) is 9.59 Å². The lowest BCUT2D eigenvalue weighted by atomic mass is 10.1. The maximum absolute atomic E-state index is 12.5. The van der Waals surface area contributed by atoms with Gasteiger partial charge in [-0.15, -0.1) is 10.2 Å². The van der Waals surface area contributed by atoms with Crippen LogP contribution < -0.4 is 4.90 Å². The maximum Gasteiger partial charge on any atom is 0.355 e. The van der Waals surface area contributed by atoms with Gasteiger partial charge in [0.05, 0.1) is 26.8 Å². The van der Waals surface area contributed by atoms with Gasteiger partial charge in [-0.05, 0) is 29.5 Å². The number of carbonyl (C=O) groups excluding carboxylic acids is 2. The average molecular weight is 367 g/mol. The van der Waals surface area contributed by atoms with E-state index in [1.54, 1.807) is 48.5 Å². The zero-order valence-corrected chi connectivity index (χ0v) is 15.0. The topological polar surface area (TPSA) is 99.4 Å². The molecule has 0 bridgehead atoms. The Balaban J connectivity index is 2.13. The molecule has 0 saturated heterocycles. The number of hydrogen-bond donors (Lipinski definition) is 0. The smallest absolute Gasteiger partial charge is 0.355 e. The summed E-state index contributed by atoms with van der Waals surface area (Å²) in [5, 5.41) is 12.0. The highest BCUT2D eigenvalue weighted by Crippen LogP contribution is 2.29. The minimum absolute atomic E-state index is 0.0404. The first-order chi connectivity index (χ1) is 13.0. The number of esters is 2. The Labute approximate surface area is 155 Å². The van der Waals surface area contributed by atoms with Crippen LogP contribution in [0, 0.1) is 0 Å². The number of nitrogens with zero attached hydrogens (tertiary/aromatic N) is 5. The van der Waals surface area contributed by atoms with Crippen molar-refractivity contribution in [3.05, 3.63) is 60.0 Å². The molecule has 0 N–H and O–H groups in total. The van der Waals surface area contributed by atoms with Crippen LogP contribution in [0.25, 0.3) is 11.4 Å². The Hall–Kier alpha value is -3.75. The van der Waals surface area contributed by atoms with Gasteiger partial charge in [-0.3, -0.25) is 0 Å². The molecule has 27 heavy (non-hydrogen) atoms. The van der Waals surface area contributed by atoms with Crippen molar-refractivity contribution in [1.82, 2.24) is 20.2 Å². The van der Waals surface area contributed by atoms with Gasteiger partial charge in [0.25, 0.3) is 0 Å². The Morgan fingerprint density at radius 1 is 1.07 bits per heavy atom. The lowest BCUT2D eigenvalue weighted by Crippen LogP contribution is -2.26. The largest absolute Gasteiger partial charge is 0.465 e. The first-order valence-electron chi connectivity index (χ1n) is 7.94. The number of tetrazole rings is 1. The summed E-state index contributed by atoms with van der Waals surface area (Å²) in [4.78, 5) is 27.6. The van der Waals surface area contributed by atoms with E-state index in [1.807, 2.05) is 6.07 Å². The first-order valence-corrected chi connectivity index (χ1v) is 7.94.